The first-order valence-corrected chi connectivity index (χ1v) is 10.8. The van der Waals surface area contributed by atoms with Gasteiger partial charge in [0.1, 0.15) is 0 Å². The number of carbonyl (C=O) groups is 2. The maximum Gasteiger partial charge on any atom is 0.287 e. The van der Waals surface area contributed by atoms with Crippen molar-refractivity contribution in [3.05, 3.63) is 35.4 Å². The molecule has 0 aliphatic heterocycles. The first-order valence-electron chi connectivity index (χ1n) is 10.8. The van der Waals surface area contributed by atoms with E-state index in [9.17, 15) is 9.59 Å². The third-order valence-corrected chi connectivity index (χ3v) is 5.35. The Bertz CT molecular complexity index is 910. The van der Waals surface area contributed by atoms with Crippen LogP contribution in [0, 0.1) is 0 Å². The molecule has 2 aromatic rings. The number of hydrogen-bond donors (Lipinski definition) is 1. The van der Waals surface area contributed by atoms with Crippen molar-refractivity contribution in [1.82, 2.24) is 5.32 Å². The summed E-state index contributed by atoms with van der Waals surface area (Å²) in [4.78, 5) is 24.6. The number of rotatable bonds is 14. The van der Waals surface area contributed by atoms with Crippen molar-refractivity contribution in [3.63, 3.8) is 0 Å². The lowest BCUT2D eigenvalue weighted by molar-refractivity contribution is -0.137. The normalized spacial score (nSPS) is 10.3. The molecule has 2 rings (SSSR count). The second-order valence-electron chi connectivity index (χ2n) is 7.27. The maximum absolute atomic E-state index is 12.3. The fourth-order valence-corrected chi connectivity index (χ4v) is 3.68. The van der Waals surface area contributed by atoms with E-state index in [4.69, 9.17) is 28.4 Å². The minimum absolute atomic E-state index is 0.114. The van der Waals surface area contributed by atoms with Crippen LogP contribution in [-0.4, -0.2) is 60.9 Å². The Morgan fingerprint density at radius 1 is 0.647 bits per heavy atom. The summed E-state index contributed by atoms with van der Waals surface area (Å²) in [7, 11) is 9.25. The summed E-state index contributed by atoms with van der Waals surface area (Å²) in [6.07, 6.45) is 1.61. The number of Topliss-reactive ketones (excluding diaryl/α,β-unsaturated/α-hetero) is 1. The number of ketones is 1. The van der Waals surface area contributed by atoms with E-state index in [0.29, 0.717) is 53.8 Å². The highest BCUT2D eigenvalue weighted by Gasteiger charge is 2.19. The molecule has 1 amide bonds. The Morgan fingerprint density at radius 2 is 1.12 bits per heavy atom. The lowest BCUT2D eigenvalue weighted by atomic mass is 10.0. The summed E-state index contributed by atoms with van der Waals surface area (Å²) in [5.74, 6) is 2.09. The van der Waals surface area contributed by atoms with Crippen LogP contribution in [0.3, 0.4) is 0 Å². The van der Waals surface area contributed by atoms with Gasteiger partial charge in [0, 0.05) is 18.5 Å². The Labute approximate surface area is 200 Å². The van der Waals surface area contributed by atoms with Crippen LogP contribution < -0.4 is 33.7 Å². The molecule has 34 heavy (non-hydrogen) atoms. The molecular formula is C25H33NO8. The third-order valence-electron chi connectivity index (χ3n) is 5.35. The van der Waals surface area contributed by atoms with Gasteiger partial charge in [0.25, 0.3) is 5.91 Å². The van der Waals surface area contributed by atoms with Gasteiger partial charge in [-0.2, -0.15) is 0 Å². The quantitative estimate of drug-likeness (QED) is 0.416. The van der Waals surface area contributed by atoms with E-state index in [0.717, 1.165) is 11.1 Å². The predicted molar refractivity (Wildman–Crippen MR) is 127 cm³/mol. The number of nitrogens with one attached hydrogen (secondary N) is 1. The molecule has 0 spiro atoms. The predicted octanol–water partition coefficient (Wildman–Crippen LogP) is 2.99. The smallest absolute Gasteiger partial charge is 0.287 e. The van der Waals surface area contributed by atoms with E-state index in [-0.39, 0.29) is 13.0 Å². The molecule has 0 saturated heterocycles. The lowest BCUT2D eigenvalue weighted by Crippen LogP contribution is -2.32. The summed E-state index contributed by atoms with van der Waals surface area (Å²) in [6, 6.07) is 7.26. The Balaban J connectivity index is 1.90. The van der Waals surface area contributed by atoms with Crippen LogP contribution in [0.25, 0.3) is 0 Å². The number of benzene rings is 2. The Morgan fingerprint density at radius 3 is 1.56 bits per heavy atom. The van der Waals surface area contributed by atoms with Gasteiger partial charge in [0.2, 0.25) is 17.3 Å². The summed E-state index contributed by atoms with van der Waals surface area (Å²) >= 11 is 0. The fraction of sp³-hybridized carbons (Fsp3) is 0.440. The SMILES string of the molecule is COc1ccc(CCCC(=O)C(=O)NCCc2ccc(OC)c(OC)c2OC)c(OC)c1OC. The van der Waals surface area contributed by atoms with Crippen molar-refractivity contribution in [2.24, 2.45) is 0 Å². The molecule has 0 unspecified atom stereocenters. The average molecular weight is 476 g/mol. The number of carbonyl (C=O) groups excluding carboxylic acids is 2. The van der Waals surface area contributed by atoms with Gasteiger partial charge in [0.15, 0.2) is 23.0 Å². The monoisotopic (exact) mass is 475 g/mol. The summed E-state index contributed by atoms with van der Waals surface area (Å²) < 4.78 is 32.2. The van der Waals surface area contributed by atoms with Crippen molar-refractivity contribution in [2.75, 3.05) is 49.2 Å². The molecule has 1 N–H and O–H groups in total. The first kappa shape index (κ1) is 26.6. The highest BCUT2D eigenvalue weighted by molar-refractivity contribution is 6.36. The van der Waals surface area contributed by atoms with Gasteiger partial charge in [-0.1, -0.05) is 12.1 Å². The molecule has 0 fully saturated rings. The van der Waals surface area contributed by atoms with E-state index >= 15 is 0 Å². The van der Waals surface area contributed by atoms with E-state index in [1.165, 1.54) is 21.3 Å². The van der Waals surface area contributed by atoms with Crippen LogP contribution in [0.4, 0.5) is 0 Å². The standard InChI is InChI=1S/C25H33NO8/c1-29-19-12-10-16(21(31-3)23(19)33-5)8-7-9-18(27)25(28)26-15-14-17-11-13-20(30-2)24(34-6)22(17)32-4/h10-13H,7-9,14-15H2,1-6H3,(H,26,28). The average Bonchev–Trinajstić information content (AvgIpc) is 2.87. The molecular weight excluding hydrogens is 442 g/mol. The van der Waals surface area contributed by atoms with Crippen LogP contribution in [0.1, 0.15) is 24.0 Å². The molecule has 0 aliphatic rings. The first-order chi connectivity index (χ1) is 16.4. The largest absolute Gasteiger partial charge is 0.493 e. The molecule has 0 aliphatic carbocycles. The maximum atomic E-state index is 12.3. The minimum Gasteiger partial charge on any atom is -0.493 e. The fourth-order valence-electron chi connectivity index (χ4n) is 3.68. The van der Waals surface area contributed by atoms with Crippen LogP contribution in [0.2, 0.25) is 0 Å². The number of hydrogen-bond acceptors (Lipinski definition) is 8. The molecule has 0 aromatic heterocycles. The van der Waals surface area contributed by atoms with Gasteiger partial charge in [-0.05, 0) is 37.0 Å². The number of methoxy groups -OCH3 is 6. The zero-order chi connectivity index (χ0) is 25.1. The van der Waals surface area contributed by atoms with Crippen molar-refractivity contribution in [1.29, 1.82) is 0 Å². The number of amides is 1. The van der Waals surface area contributed by atoms with Crippen LogP contribution in [0.5, 0.6) is 34.5 Å². The van der Waals surface area contributed by atoms with Gasteiger partial charge in [-0.3, -0.25) is 9.59 Å². The van der Waals surface area contributed by atoms with Gasteiger partial charge in [-0.25, -0.2) is 0 Å². The van der Waals surface area contributed by atoms with E-state index in [1.807, 2.05) is 12.1 Å². The van der Waals surface area contributed by atoms with Crippen molar-refractivity contribution >= 4 is 11.7 Å². The van der Waals surface area contributed by atoms with Crippen molar-refractivity contribution in [3.8, 4) is 34.5 Å². The zero-order valence-corrected chi connectivity index (χ0v) is 20.6. The van der Waals surface area contributed by atoms with Crippen molar-refractivity contribution < 1.29 is 38.0 Å². The molecule has 0 saturated carbocycles. The van der Waals surface area contributed by atoms with Gasteiger partial charge >= 0.3 is 0 Å². The van der Waals surface area contributed by atoms with Gasteiger partial charge in [0.05, 0.1) is 42.7 Å². The Kier molecular flexibility index (Phi) is 10.3. The van der Waals surface area contributed by atoms with Crippen LogP contribution in [0.15, 0.2) is 24.3 Å². The lowest BCUT2D eigenvalue weighted by Gasteiger charge is -2.16. The second kappa shape index (κ2) is 13.2. The molecule has 0 heterocycles. The summed E-state index contributed by atoms with van der Waals surface area (Å²) in [6.45, 7) is 0.278. The second-order valence-corrected chi connectivity index (χ2v) is 7.27. The minimum atomic E-state index is -0.612. The molecule has 2 aromatic carbocycles. The molecule has 186 valence electrons. The zero-order valence-electron chi connectivity index (χ0n) is 20.6. The van der Waals surface area contributed by atoms with Gasteiger partial charge < -0.3 is 33.7 Å². The highest BCUT2D eigenvalue weighted by atomic mass is 16.5. The van der Waals surface area contributed by atoms with E-state index < -0.39 is 11.7 Å². The molecule has 0 atom stereocenters. The van der Waals surface area contributed by atoms with Gasteiger partial charge in [-0.15, -0.1) is 0 Å². The molecule has 9 heteroatoms. The number of ether oxygens (including phenoxy) is 6. The molecule has 0 radical (unpaired) electrons. The third kappa shape index (κ3) is 6.24. The molecule has 9 nitrogen and oxygen atoms in total. The summed E-state index contributed by atoms with van der Waals surface area (Å²) in [5.41, 5.74) is 1.70. The Hall–Kier alpha value is -3.62. The number of aryl methyl sites for hydroxylation is 1. The van der Waals surface area contributed by atoms with E-state index in [1.54, 1.807) is 33.5 Å². The highest BCUT2D eigenvalue weighted by Crippen LogP contribution is 2.41. The van der Waals surface area contributed by atoms with Crippen molar-refractivity contribution in [2.45, 2.75) is 25.7 Å². The van der Waals surface area contributed by atoms with Crippen LogP contribution >= 0.6 is 0 Å². The summed E-state index contributed by atoms with van der Waals surface area (Å²) in [5, 5.41) is 2.68. The van der Waals surface area contributed by atoms with Crippen LogP contribution in [-0.2, 0) is 22.4 Å². The topological polar surface area (TPSA) is 102 Å². The molecule has 0 bridgehead atoms. The van der Waals surface area contributed by atoms with E-state index in [2.05, 4.69) is 5.32 Å².